The molecular weight excluding hydrogens is 459 g/mol. The summed E-state index contributed by atoms with van der Waals surface area (Å²) in [7, 11) is 0. The van der Waals surface area contributed by atoms with E-state index >= 15 is 0 Å². The average Bonchev–Trinajstić information content (AvgIpc) is 3.02. The van der Waals surface area contributed by atoms with Gasteiger partial charge in [0, 0.05) is 24.1 Å². The molecule has 1 amide bonds. The number of anilines is 2. The molecule has 0 saturated carbocycles. The number of ketones is 1. The van der Waals surface area contributed by atoms with Gasteiger partial charge in [0.05, 0.1) is 23.8 Å². The van der Waals surface area contributed by atoms with Crippen molar-refractivity contribution in [3.05, 3.63) is 107 Å². The summed E-state index contributed by atoms with van der Waals surface area (Å²) in [5.74, 6) is -2.32. The second-order valence-electron chi connectivity index (χ2n) is 9.05. The van der Waals surface area contributed by atoms with Crippen LogP contribution in [-0.4, -0.2) is 22.8 Å². The van der Waals surface area contributed by atoms with Crippen LogP contribution < -0.4 is 10.2 Å². The van der Waals surface area contributed by atoms with Crippen LogP contribution >= 0.6 is 0 Å². The largest absolute Gasteiger partial charge is 0.481 e. The number of Topliss-reactive ketones (excluding diaryl/α,β-unsaturated/α-hetero) is 1. The molecule has 2 aliphatic rings. The molecule has 2 atom stereocenters. The Kier molecular flexibility index (Phi) is 6.38. The monoisotopic (exact) mass is 484 g/mol. The fraction of sp³-hybridized carbons (Fsp3) is 0.207. The number of amides is 1. The van der Waals surface area contributed by atoms with Gasteiger partial charge in [-0.25, -0.2) is 4.39 Å². The predicted octanol–water partition coefficient (Wildman–Crippen LogP) is 5.59. The highest BCUT2D eigenvalue weighted by molar-refractivity contribution is 6.06. The minimum atomic E-state index is -1.07. The van der Waals surface area contributed by atoms with E-state index in [9.17, 15) is 23.9 Å². The first-order chi connectivity index (χ1) is 17.4. The van der Waals surface area contributed by atoms with Gasteiger partial charge in [0.1, 0.15) is 5.82 Å². The van der Waals surface area contributed by atoms with Crippen molar-refractivity contribution >= 4 is 29.0 Å². The number of aliphatic carboxylic acids is 1. The summed E-state index contributed by atoms with van der Waals surface area (Å²) in [6, 6.07) is 22.2. The zero-order valence-electron chi connectivity index (χ0n) is 19.5. The van der Waals surface area contributed by atoms with E-state index in [0.29, 0.717) is 34.6 Å². The quantitative estimate of drug-likeness (QED) is 0.493. The summed E-state index contributed by atoms with van der Waals surface area (Å²) in [5.41, 5.74) is 3.52. The van der Waals surface area contributed by atoms with Crippen LogP contribution in [0.3, 0.4) is 0 Å². The predicted molar refractivity (Wildman–Crippen MR) is 134 cm³/mol. The smallest absolute Gasteiger partial charge is 0.303 e. The number of rotatable bonds is 5. The highest BCUT2D eigenvalue weighted by Crippen LogP contribution is 2.47. The SMILES string of the molecule is O=C(O)CCC(=O)N1c2ccccc2NC2=C(C(=O)C[C@@H](c3ccccc3F)C2)[C@H]1c1ccccc1. The third-order valence-corrected chi connectivity index (χ3v) is 6.77. The van der Waals surface area contributed by atoms with Crippen molar-refractivity contribution < 1.29 is 23.9 Å². The van der Waals surface area contributed by atoms with Gasteiger partial charge in [0.15, 0.2) is 5.78 Å². The van der Waals surface area contributed by atoms with E-state index in [2.05, 4.69) is 5.32 Å². The number of halogens is 1. The van der Waals surface area contributed by atoms with E-state index in [1.54, 1.807) is 35.2 Å². The number of fused-ring (bicyclic) bond motifs is 1. The van der Waals surface area contributed by atoms with Gasteiger partial charge in [0.25, 0.3) is 0 Å². The highest BCUT2D eigenvalue weighted by Gasteiger charge is 2.41. The van der Waals surface area contributed by atoms with E-state index in [1.165, 1.54) is 6.07 Å². The second-order valence-corrected chi connectivity index (χ2v) is 9.05. The molecule has 3 aromatic rings. The number of benzene rings is 3. The molecule has 1 aliphatic heterocycles. The highest BCUT2D eigenvalue weighted by atomic mass is 19.1. The number of carbonyl (C=O) groups excluding carboxylic acids is 2. The normalized spacial score (nSPS) is 19.1. The van der Waals surface area contributed by atoms with Crippen molar-refractivity contribution in [2.75, 3.05) is 10.2 Å². The molecule has 0 fully saturated rings. The molecule has 6 nitrogen and oxygen atoms in total. The van der Waals surface area contributed by atoms with E-state index in [-0.39, 0.29) is 36.8 Å². The number of nitrogens with zero attached hydrogens (tertiary/aromatic N) is 1. The van der Waals surface area contributed by atoms with Crippen LogP contribution in [0.5, 0.6) is 0 Å². The van der Waals surface area contributed by atoms with Crippen molar-refractivity contribution in [3.8, 4) is 0 Å². The summed E-state index contributed by atoms with van der Waals surface area (Å²) in [5, 5.41) is 12.6. The molecular formula is C29H25FN2O4. The Bertz CT molecular complexity index is 1370. The number of carboxylic acids is 1. The van der Waals surface area contributed by atoms with Crippen LogP contribution in [0.4, 0.5) is 15.8 Å². The first kappa shape index (κ1) is 23.5. The topological polar surface area (TPSA) is 86.7 Å². The van der Waals surface area contributed by atoms with Crippen LogP contribution in [0.1, 0.15) is 48.8 Å². The number of carbonyl (C=O) groups is 3. The summed E-state index contributed by atoms with van der Waals surface area (Å²) in [6.45, 7) is 0. The minimum Gasteiger partial charge on any atom is -0.481 e. The zero-order valence-corrected chi connectivity index (χ0v) is 19.5. The molecule has 0 aromatic heterocycles. The molecule has 0 radical (unpaired) electrons. The van der Waals surface area contributed by atoms with Crippen molar-refractivity contribution in [3.63, 3.8) is 0 Å². The Hall–Kier alpha value is -4.26. The Morgan fingerprint density at radius 3 is 2.36 bits per heavy atom. The maximum atomic E-state index is 14.7. The van der Waals surface area contributed by atoms with Crippen molar-refractivity contribution in [1.29, 1.82) is 0 Å². The third-order valence-electron chi connectivity index (χ3n) is 6.77. The van der Waals surface area contributed by atoms with Gasteiger partial charge in [-0.15, -0.1) is 0 Å². The summed E-state index contributed by atoms with van der Waals surface area (Å²) >= 11 is 0. The summed E-state index contributed by atoms with van der Waals surface area (Å²) in [6.07, 6.45) is -0.0155. The summed E-state index contributed by atoms with van der Waals surface area (Å²) < 4.78 is 14.7. The van der Waals surface area contributed by atoms with E-state index in [0.717, 1.165) is 5.56 Å². The minimum absolute atomic E-state index is 0.109. The lowest BCUT2D eigenvalue weighted by atomic mass is 9.78. The maximum Gasteiger partial charge on any atom is 0.303 e. The number of hydrogen-bond donors (Lipinski definition) is 2. The van der Waals surface area contributed by atoms with Gasteiger partial charge >= 0.3 is 5.97 Å². The fourth-order valence-electron chi connectivity index (χ4n) is 5.18. The van der Waals surface area contributed by atoms with Crippen LogP contribution in [0.15, 0.2) is 90.1 Å². The third kappa shape index (κ3) is 4.40. The zero-order chi connectivity index (χ0) is 25.2. The molecule has 7 heteroatoms. The molecule has 0 spiro atoms. The molecule has 36 heavy (non-hydrogen) atoms. The maximum absolute atomic E-state index is 14.7. The first-order valence-corrected chi connectivity index (χ1v) is 11.9. The number of para-hydroxylation sites is 2. The lowest BCUT2D eigenvalue weighted by molar-refractivity contribution is -0.138. The molecule has 0 bridgehead atoms. The Labute approximate surface area is 208 Å². The lowest BCUT2D eigenvalue weighted by Gasteiger charge is -2.35. The van der Waals surface area contributed by atoms with Crippen LogP contribution in [0.25, 0.3) is 0 Å². The van der Waals surface area contributed by atoms with Crippen molar-refractivity contribution in [1.82, 2.24) is 0 Å². The van der Waals surface area contributed by atoms with Crippen LogP contribution in [0.2, 0.25) is 0 Å². The van der Waals surface area contributed by atoms with E-state index in [1.807, 2.05) is 42.5 Å². The number of allylic oxidation sites excluding steroid dienone is 1. The number of carboxylic acid groups (broad SMARTS) is 1. The lowest BCUT2D eigenvalue weighted by Crippen LogP contribution is -2.38. The van der Waals surface area contributed by atoms with Crippen LogP contribution in [0, 0.1) is 5.82 Å². The standard InChI is InChI=1S/C29H25FN2O4/c30-21-11-5-4-10-20(21)19-16-23-28(25(33)17-19)29(18-8-2-1-3-9-18)32(26(34)14-15-27(35)36)24-13-7-6-12-22(24)31-23/h1-13,19,29,31H,14-17H2,(H,35,36)/t19-,29+/m0/s1. The molecule has 1 heterocycles. The Morgan fingerprint density at radius 1 is 0.917 bits per heavy atom. The van der Waals surface area contributed by atoms with Gasteiger partial charge < -0.3 is 10.4 Å². The van der Waals surface area contributed by atoms with Gasteiger partial charge in [-0.2, -0.15) is 0 Å². The molecule has 5 rings (SSSR count). The molecule has 3 aromatic carbocycles. The molecule has 1 aliphatic carbocycles. The van der Waals surface area contributed by atoms with E-state index < -0.39 is 17.9 Å². The van der Waals surface area contributed by atoms with E-state index in [4.69, 9.17) is 0 Å². The second kappa shape index (κ2) is 9.77. The fourth-order valence-corrected chi connectivity index (χ4v) is 5.18. The number of hydrogen-bond acceptors (Lipinski definition) is 4. The molecule has 0 saturated heterocycles. The molecule has 0 unspecified atom stereocenters. The first-order valence-electron chi connectivity index (χ1n) is 11.9. The Balaban J connectivity index is 1.68. The molecule has 2 N–H and O–H groups in total. The van der Waals surface area contributed by atoms with Crippen molar-refractivity contribution in [2.45, 2.75) is 37.6 Å². The average molecular weight is 485 g/mol. The Morgan fingerprint density at radius 2 is 1.61 bits per heavy atom. The van der Waals surface area contributed by atoms with Gasteiger partial charge in [-0.05, 0) is 41.7 Å². The van der Waals surface area contributed by atoms with Gasteiger partial charge in [-0.1, -0.05) is 60.7 Å². The molecule has 182 valence electrons. The van der Waals surface area contributed by atoms with Gasteiger partial charge in [0.2, 0.25) is 5.91 Å². The summed E-state index contributed by atoms with van der Waals surface area (Å²) in [4.78, 5) is 40.2. The van der Waals surface area contributed by atoms with Crippen LogP contribution in [-0.2, 0) is 14.4 Å². The van der Waals surface area contributed by atoms with Gasteiger partial charge in [-0.3, -0.25) is 19.3 Å². The van der Waals surface area contributed by atoms with Crippen molar-refractivity contribution in [2.24, 2.45) is 0 Å². The number of nitrogens with one attached hydrogen (secondary N) is 1.